The zero-order valence-corrected chi connectivity index (χ0v) is 11.5. The van der Waals surface area contributed by atoms with Gasteiger partial charge in [0.05, 0.1) is 9.92 Å². The van der Waals surface area contributed by atoms with E-state index in [4.69, 9.17) is 22.1 Å². The van der Waals surface area contributed by atoms with Crippen LogP contribution in [0.15, 0.2) is 17.0 Å². The number of fused-ring (bicyclic) bond motifs is 1. The highest BCUT2D eigenvalue weighted by atomic mass is 35.5. The van der Waals surface area contributed by atoms with Crippen LogP contribution in [-0.2, 0) is 16.4 Å². The number of hydrogen-bond donors (Lipinski definition) is 2. The van der Waals surface area contributed by atoms with E-state index >= 15 is 0 Å². The van der Waals surface area contributed by atoms with E-state index in [0.717, 1.165) is 5.56 Å². The molecule has 0 fully saturated rings. The Bertz CT molecular complexity index is 560. The van der Waals surface area contributed by atoms with Crippen LogP contribution in [0.4, 0.5) is 0 Å². The summed E-state index contributed by atoms with van der Waals surface area (Å²) in [4.78, 5) is 0.150. The maximum absolute atomic E-state index is 12.0. The standard InChI is InChI=1S/C11H15ClN2O3S/c1-7-4-8-5-9(6-10(12)11(8)17-7)18(15,16)14-3-2-13/h5-7,14H,2-4,13H2,1H3/t7-/m0/s1. The molecule has 0 bridgehead atoms. The van der Waals surface area contributed by atoms with E-state index in [1.54, 1.807) is 6.07 Å². The van der Waals surface area contributed by atoms with Crippen molar-refractivity contribution in [3.05, 3.63) is 22.7 Å². The van der Waals surface area contributed by atoms with Crippen LogP contribution in [0.25, 0.3) is 0 Å². The molecule has 1 aliphatic rings. The molecule has 0 spiro atoms. The smallest absolute Gasteiger partial charge is 0.240 e. The third-order valence-corrected chi connectivity index (χ3v) is 4.39. The van der Waals surface area contributed by atoms with Gasteiger partial charge in [-0.2, -0.15) is 0 Å². The molecule has 0 aromatic heterocycles. The molecular formula is C11H15ClN2O3S. The van der Waals surface area contributed by atoms with Crippen LogP contribution in [0.3, 0.4) is 0 Å². The monoisotopic (exact) mass is 290 g/mol. The number of rotatable bonds is 4. The van der Waals surface area contributed by atoms with E-state index in [2.05, 4.69) is 4.72 Å². The number of nitrogens with one attached hydrogen (secondary N) is 1. The molecule has 3 N–H and O–H groups in total. The molecule has 100 valence electrons. The summed E-state index contributed by atoms with van der Waals surface area (Å²) < 4.78 is 31.8. The van der Waals surface area contributed by atoms with Gasteiger partial charge >= 0.3 is 0 Å². The van der Waals surface area contributed by atoms with Crippen LogP contribution in [0.1, 0.15) is 12.5 Å². The van der Waals surface area contributed by atoms with Gasteiger partial charge in [0.15, 0.2) is 0 Å². The molecular weight excluding hydrogens is 276 g/mol. The first kappa shape index (κ1) is 13.6. The first-order chi connectivity index (χ1) is 8.44. The van der Waals surface area contributed by atoms with Crippen LogP contribution in [0, 0.1) is 0 Å². The number of hydrogen-bond acceptors (Lipinski definition) is 4. The van der Waals surface area contributed by atoms with E-state index in [0.29, 0.717) is 17.2 Å². The molecule has 1 atom stereocenters. The Morgan fingerprint density at radius 2 is 2.28 bits per heavy atom. The first-order valence-electron chi connectivity index (χ1n) is 5.63. The fourth-order valence-corrected chi connectivity index (χ4v) is 3.36. The maximum Gasteiger partial charge on any atom is 0.240 e. The summed E-state index contributed by atoms with van der Waals surface area (Å²) >= 11 is 6.04. The molecule has 1 aromatic carbocycles. The number of halogens is 1. The molecule has 0 amide bonds. The molecule has 2 rings (SSSR count). The summed E-state index contributed by atoms with van der Waals surface area (Å²) in [5, 5.41) is 0.324. The van der Waals surface area contributed by atoms with E-state index in [1.165, 1.54) is 6.07 Å². The Kier molecular flexibility index (Phi) is 3.82. The second kappa shape index (κ2) is 5.05. The molecule has 5 nitrogen and oxygen atoms in total. The molecule has 0 saturated heterocycles. The molecule has 0 radical (unpaired) electrons. The van der Waals surface area contributed by atoms with Crippen molar-refractivity contribution in [3.63, 3.8) is 0 Å². The van der Waals surface area contributed by atoms with Gasteiger partial charge in [-0.25, -0.2) is 13.1 Å². The molecule has 0 unspecified atom stereocenters. The van der Waals surface area contributed by atoms with E-state index in [9.17, 15) is 8.42 Å². The van der Waals surface area contributed by atoms with Crippen molar-refractivity contribution >= 4 is 21.6 Å². The second-order valence-corrected chi connectivity index (χ2v) is 6.39. The van der Waals surface area contributed by atoms with Crippen LogP contribution < -0.4 is 15.2 Å². The molecule has 1 aliphatic heterocycles. The van der Waals surface area contributed by atoms with Crippen LogP contribution in [0.5, 0.6) is 5.75 Å². The highest BCUT2D eigenvalue weighted by molar-refractivity contribution is 7.89. The second-order valence-electron chi connectivity index (χ2n) is 4.21. The third-order valence-electron chi connectivity index (χ3n) is 2.67. The van der Waals surface area contributed by atoms with Crippen molar-refractivity contribution in [1.82, 2.24) is 4.72 Å². The molecule has 1 aromatic rings. The zero-order chi connectivity index (χ0) is 13.3. The Labute approximate surface area is 111 Å². The van der Waals surface area contributed by atoms with Crippen molar-refractivity contribution < 1.29 is 13.2 Å². The van der Waals surface area contributed by atoms with Gasteiger partial charge in [-0.3, -0.25) is 0 Å². The van der Waals surface area contributed by atoms with Gasteiger partial charge in [0, 0.05) is 25.1 Å². The van der Waals surface area contributed by atoms with Gasteiger partial charge in [0.1, 0.15) is 11.9 Å². The highest BCUT2D eigenvalue weighted by Gasteiger charge is 2.25. The molecule has 18 heavy (non-hydrogen) atoms. The lowest BCUT2D eigenvalue weighted by Crippen LogP contribution is -2.29. The zero-order valence-electron chi connectivity index (χ0n) is 9.94. The highest BCUT2D eigenvalue weighted by Crippen LogP contribution is 2.37. The minimum absolute atomic E-state index is 0.0208. The molecule has 0 saturated carbocycles. The van der Waals surface area contributed by atoms with Gasteiger partial charge < -0.3 is 10.5 Å². The van der Waals surface area contributed by atoms with Crippen LogP contribution in [-0.4, -0.2) is 27.6 Å². The predicted molar refractivity (Wildman–Crippen MR) is 69.5 cm³/mol. The van der Waals surface area contributed by atoms with Gasteiger partial charge in [0.2, 0.25) is 10.0 Å². The topological polar surface area (TPSA) is 81.4 Å². The molecule has 1 heterocycles. The quantitative estimate of drug-likeness (QED) is 0.863. The molecule has 0 aliphatic carbocycles. The van der Waals surface area contributed by atoms with E-state index in [-0.39, 0.29) is 24.1 Å². The number of sulfonamides is 1. The van der Waals surface area contributed by atoms with Gasteiger partial charge in [-0.15, -0.1) is 0 Å². The van der Waals surface area contributed by atoms with Gasteiger partial charge in [0.25, 0.3) is 0 Å². The average Bonchev–Trinajstić information content (AvgIpc) is 2.67. The van der Waals surface area contributed by atoms with Crippen molar-refractivity contribution in [1.29, 1.82) is 0 Å². The van der Waals surface area contributed by atoms with Gasteiger partial charge in [-0.1, -0.05) is 11.6 Å². The summed E-state index contributed by atoms with van der Waals surface area (Å²) in [6, 6.07) is 3.00. The number of nitrogens with two attached hydrogens (primary N) is 1. The minimum Gasteiger partial charge on any atom is -0.489 e. The van der Waals surface area contributed by atoms with Crippen molar-refractivity contribution in [2.45, 2.75) is 24.3 Å². The predicted octanol–water partition coefficient (Wildman–Crippen LogP) is 0.900. The summed E-state index contributed by atoms with van der Waals surface area (Å²) in [7, 11) is -3.55. The third kappa shape index (κ3) is 2.61. The largest absolute Gasteiger partial charge is 0.489 e. The Balaban J connectivity index is 2.37. The Morgan fingerprint density at radius 1 is 1.56 bits per heavy atom. The first-order valence-corrected chi connectivity index (χ1v) is 7.49. The summed E-state index contributed by atoms with van der Waals surface area (Å²) in [6.45, 7) is 2.36. The normalized spacial score (nSPS) is 18.5. The lowest BCUT2D eigenvalue weighted by Gasteiger charge is -2.09. The lowest BCUT2D eigenvalue weighted by atomic mass is 10.1. The van der Waals surface area contributed by atoms with Gasteiger partial charge in [-0.05, 0) is 19.1 Å². The van der Waals surface area contributed by atoms with Crippen LogP contribution in [0.2, 0.25) is 5.02 Å². The Hall–Kier alpha value is -0.820. The van der Waals surface area contributed by atoms with Crippen molar-refractivity contribution in [2.75, 3.05) is 13.1 Å². The summed E-state index contributed by atoms with van der Waals surface area (Å²) in [5.41, 5.74) is 6.10. The number of ether oxygens (including phenoxy) is 1. The maximum atomic E-state index is 12.0. The Morgan fingerprint density at radius 3 is 2.94 bits per heavy atom. The van der Waals surface area contributed by atoms with Crippen LogP contribution >= 0.6 is 11.6 Å². The van der Waals surface area contributed by atoms with E-state index < -0.39 is 10.0 Å². The SMILES string of the molecule is C[C@H]1Cc2cc(S(=O)(=O)NCCN)cc(Cl)c2O1. The lowest BCUT2D eigenvalue weighted by molar-refractivity contribution is 0.255. The fourth-order valence-electron chi connectivity index (χ4n) is 1.89. The average molecular weight is 291 g/mol. The fraction of sp³-hybridized carbons (Fsp3) is 0.455. The summed E-state index contributed by atoms with van der Waals surface area (Å²) in [6.07, 6.45) is 0.683. The van der Waals surface area contributed by atoms with E-state index in [1.807, 2.05) is 6.92 Å². The van der Waals surface area contributed by atoms with Crippen molar-refractivity contribution in [3.8, 4) is 5.75 Å². The number of benzene rings is 1. The summed E-state index contributed by atoms with van der Waals surface area (Å²) in [5.74, 6) is 0.585. The van der Waals surface area contributed by atoms with Crippen molar-refractivity contribution in [2.24, 2.45) is 5.73 Å². The molecule has 7 heteroatoms. The minimum atomic E-state index is -3.55.